The molecule has 7 heteroatoms. The summed E-state index contributed by atoms with van der Waals surface area (Å²) in [7, 11) is 0. The number of imidazole rings is 1. The lowest BCUT2D eigenvalue weighted by atomic mass is 9.98. The minimum Gasteiger partial charge on any atom is -0.345 e. The predicted octanol–water partition coefficient (Wildman–Crippen LogP) is 5.59. The number of nitrogens with zero attached hydrogens (tertiary/aromatic N) is 2. The van der Waals surface area contributed by atoms with Crippen LogP contribution in [0.15, 0.2) is 48.8 Å². The second-order valence-electron chi connectivity index (χ2n) is 7.02. The Morgan fingerprint density at radius 3 is 2.76 bits per heavy atom. The van der Waals surface area contributed by atoms with E-state index in [-0.39, 0.29) is 13.3 Å². The van der Waals surface area contributed by atoms with Crippen molar-refractivity contribution in [2.24, 2.45) is 5.92 Å². The van der Waals surface area contributed by atoms with Crippen LogP contribution >= 0.6 is 11.3 Å². The van der Waals surface area contributed by atoms with Crippen molar-refractivity contribution in [1.82, 2.24) is 15.0 Å². The molecule has 2 atom stereocenters. The van der Waals surface area contributed by atoms with Crippen molar-refractivity contribution in [3.8, 4) is 22.5 Å². The molecule has 1 fully saturated rings. The maximum atomic E-state index is 13.1. The van der Waals surface area contributed by atoms with E-state index in [1.807, 2.05) is 18.2 Å². The van der Waals surface area contributed by atoms with Crippen LogP contribution in [-0.2, 0) is 4.79 Å². The monoisotopic (exact) mass is 408 g/mol. The molecule has 1 amide bonds. The zero-order chi connectivity index (χ0) is 19.3. The van der Waals surface area contributed by atoms with Crippen LogP contribution in [0.2, 0.25) is 0 Å². The molecule has 0 bridgehead atoms. The van der Waals surface area contributed by atoms with E-state index in [1.165, 1.54) is 11.3 Å². The van der Waals surface area contributed by atoms with Gasteiger partial charge >= 0.3 is 0 Å². The number of hydrogen-bond acceptors (Lipinski definition) is 4. The third-order valence-corrected chi connectivity index (χ3v) is 5.92. The Balaban J connectivity index is 0.00000205. The Morgan fingerprint density at radius 2 is 2.03 bits per heavy atom. The molecule has 2 aromatic carbocycles. The summed E-state index contributed by atoms with van der Waals surface area (Å²) < 4.78 is 14.0. The van der Waals surface area contributed by atoms with Gasteiger partial charge in [-0.25, -0.2) is 14.4 Å². The van der Waals surface area contributed by atoms with Crippen LogP contribution in [0.4, 0.5) is 9.52 Å². The highest BCUT2D eigenvalue weighted by Crippen LogP contribution is 2.37. The number of carbonyl (C=O) groups excluding carboxylic acids is 1. The van der Waals surface area contributed by atoms with E-state index in [0.29, 0.717) is 11.6 Å². The van der Waals surface area contributed by atoms with E-state index in [0.717, 1.165) is 38.3 Å². The first-order chi connectivity index (χ1) is 13.6. The average Bonchev–Trinajstić information content (AvgIpc) is 3.09. The van der Waals surface area contributed by atoms with Crippen LogP contribution in [0.3, 0.4) is 0 Å². The average molecular weight is 409 g/mol. The Morgan fingerprint density at radius 1 is 1.24 bits per heavy atom. The van der Waals surface area contributed by atoms with Crippen molar-refractivity contribution >= 4 is 32.6 Å². The molecule has 0 saturated heterocycles. The number of rotatable bonds is 4. The Kier molecular flexibility index (Phi) is 4.92. The number of anilines is 1. The van der Waals surface area contributed by atoms with Gasteiger partial charge in [0.25, 0.3) is 0 Å². The number of alkyl halides is 1. The molecule has 0 radical (unpaired) electrons. The summed E-state index contributed by atoms with van der Waals surface area (Å²) in [5, 5.41) is 3.25. The normalized spacial score (nSPS) is 17.7. The molecule has 1 aliphatic carbocycles. The number of halogens is 1. The number of thiazole rings is 1. The number of H-pyrrole nitrogens is 1. The SMILES string of the molecule is C.Cc1ccc(-c2ncc[nH]2)cc1-c1ccc2nc(NC(=O)[C@@H]3C[C@@H]3F)sc2c1. The molecule has 2 aromatic heterocycles. The Labute approximate surface area is 172 Å². The Bertz CT molecular complexity index is 1180. The Hall–Kier alpha value is -3.06. The lowest BCUT2D eigenvalue weighted by Crippen LogP contribution is -2.14. The number of fused-ring (bicyclic) bond motifs is 1. The number of aromatic amines is 1. The number of nitrogens with one attached hydrogen (secondary N) is 2. The fourth-order valence-electron chi connectivity index (χ4n) is 3.28. The van der Waals surface area contributed by atoms with Crippen molar-refractivity contribution in [3.63, 3.8) is 0 Å². The molecular weight excluding hydrogens is 387 g/mol. The lowest BCUT2D eigenvalue weighted by Gasteiger charge is -2.08. The van der Waals surface area contributed by atoms with E-state index in [1.54, 1.807) is 12.4 Å². The van der Waals surface area contributed by atoms with Gasteiger partial charge in [0.2, 0.25) is 5.91 Å². The molecule has 29 heavy (non-hydrogen) atoms. The summed E-state index contributed by atoms with van der Waals surface area (Å²) in [5.74, 6) is 0.0275. The summed E-state index contributed by atoms with van der Waals surface area (Å²) in [6.07, 6.45) is 2.85. The molecule has 1 saturated carbocycles. The molecule has 2 N–H and O–H groups in total. The second kappa shape index (κ2) is 7.40. The molecule has 2 heterocycles. The lowest BCUT2D eigenvalue weighted by molar-refractivity contribution is -0.117. The molecule has 0 aliphatic heterocycles. The van der Waals surface area contributed by atoms with Gasteiger partial charge in [0, 0.05) is 18.0 Å². The fourth-order valence-corrected chi connectivity index (χ4v) is 4.19. The van der Waals surface area contributed by atoms with E-state index in [4.69, 9.17) is 0 Å². The van der Waals surface area contributed by atoms with Gasteiger partial charge in [-0.15, -0.1) is 0 Å². The van der Waals surface area contributed by atoms with Crippen molar-refractivity contribution < 1.29 is 9.18 Å². The van der Waals surface area contributed by atoms with Gasteiger partial charge in [0.1, 0.15) is 12.0 Å². The highest BCUT2D eigenvalue weighted by molar-refractivity contribution is 7.22. The first-order valence-electron chi connectivity index (χ1n) is 9.05. The third-order valence-electron chi connectivity index (χ3n) is 4.99. The quantitative estimate of drug-likeness (QED) is 0.462. The molecule has 0 unspecified atom stereocenters. The number of amides is 1. The molecule has 148 valence electrons. The number of carbonyl (C=O) groups is 1. The van der Waals surface area contributed by atoms with Gasteiger partial charge in [-0.2, -0.15) is 0 Å². The van der Waals surface area contributed by atoms with Gasteiger partial charge < -0.3 is 10.3 Å². The first-order valence-corrected chi connectivity index (χ1v) is 9.86. The summed E-state index contributed by atoms with van der Waals surface area (Å²) in [6, 6.07) is 12.3. The van der Waals surface area contributed by atoms with Crippen LogP contribution in [0.1, 0.15) is 19.4 Å². The standard InChI is InChI=1S/C21H17FN4OS.CH4/c1-11-2-3-13(19-23-6-7-24-19)8-14(11)12-4-5-17-18(9-12)28-21(25-17)26-20(27)15-10-16(15)22;/h2-9,15-16H,10H2,1H3,(H,23,24)(H,25,26,27);1H4/t15-,16+;/m1./s1. The van der Waals surface area contributed by atoms with E-state index in [9.17, 15) is 9.18 Å². The van der Waals surface area contributed by atoms with Crippen molar-refractivity contribution in [2.45, 2.75) is 26.9 Å². The molecule has 4 aromatic rings. The first kappa shape index (κ1) is 19.3. The fraction of sp³-hybridized carbons (Fsp3) is 0.227. The molecule has 0 spiro atoms. The van der Waals surface area contributed by atoms with E-state index >= 15 is 0 Å². The highest BCUT2D eigenvalue weighted by Gasteiger charge is 2.43. The molecule has 5 rings (SSSR count). The maximum Gasteiger partial charge on any atom is 0.232 e. The number of aryl methyl sites for hydroxylation is 1. The zero-order valence-corrected chi connectivity index (χ0v) is 15.9. The van der Waals surface area contributed by atoms with Crippen LogP contribution in [0.5, 0.6) is 0 Å². The molecule has 1 aliphatic rings. The smallest absolute Gasteiger partial charge is 0.232 e. The second-order valence-corrected chi connectivity index (χ2v) is 8.05. The highest BCUT2D eigenvalue weighted by atomic mass is 32.1. The number of hydrogen-bond donors (Lipinski definition) is 2. The number of aromatic nitrogens is 3. The van der Waals surface area contributed by atoms with Gasteiger partial charge in [-0.3, -0.25) is 4.79 Å². The van der Waals surface area contributed by atoms with Crippen molar-refractivity contribution in [1.29, 1.82) is 0 Å². The van der Waals surface area contributed by atoms with Gasteiger partial charge in [0.05, 0.1) is 16.1 Å². The van der Waals surface area contributed by atoms with Crippen LogP contribution < -0.4 is 5.32 Å². The van der Waals surface area contributed by atoms with E-state index < -0.39 is 12.1 Å². The summed E-state index contributed by atoms with van der Waals surface area (Å²) in [6.45, 7) is 2.08. The van der Waals surface area contributed by atoms with E-state index in [2.05, 4.69) is 45.4 Å². The van der Waals surface area contributed by atoms with Crippen LogP contribution in [-0.4, -0.2) is 27.0 Å². The third kappa shape index (κ3) is 3.65. The zero-order valence-electron chi connectivity index (χ0n) is 15.1. The van der Waals surface area contributed by atoms with Gasteiger partial charge in [-0.1, -0.05) is 37.0 Å². The van der Waals surface area contributed by atoms with Gasteiger partial charge in [-0.05, 0) is 48.2 Å². The predicted molar refractivity (Wildman–Crippen MR) is 116 cm³/mol. The number of benzene rings is 2. The van der Waals surface area contributed by atoms with Gasteiger partial charge in [0.15, 0.2) is 5.13 Å². The topological polar surface area (TPSA) is 70.7 Å². The summed E-state index contributed by atoms with van der Waals surface area (Å²) >= 11 is 1.40. The summed E-state index contributed by atoms with van der Waals surface area (Å²) in [5.41, 5.74) is 5.19. The van der Waals surface area contributed by atoms with Crippen molar-refractivity contribution in [3.05, 3.63) is 54.4 Å². The minimum absolute atomic E-state index is 0. The summed E-state index contributed by atoms with van der Waals surface area (Å²) in [4.78, 5) is 23.9. The van der Waals surface area contributed by atoms with Crippen molar-refractivity contribution in [2.75, 3.05) is 5.32 Å². The van der Waals surface area contributed by atoms with Crippen LogP contribution in [0.25, 0.3) is 32.7 Å². The molecular formula is C22H21FN4OS. The van der Waals surface area contributed by atoms with Crippen LogP contribution in [0, 0.1) is 12.8 Å². The molecule has 5 nitrogen and oxygen atoms in total. The largest absolute Gasteiger partial charge is 0.345 e. The minimum atomic E-state index is -1.01. The maximum absolute atomic E-state index is 13.1.